The molecule has 0 bridgehead atoms. The Hall–Kier alpha value is -2.53. The zero-order chi connectivity index (χ0) is 18.5. The van der Waals surface area contributed by atoms with Gasteiger partial charge in [-0.05, 0) is 35.7 Å². The number of piperazine rings is 1. The van der Waals surface area contributed by atoms with Gasteiger partial charge >= 0.3 is 0 Å². The van der Waals surface area contributed by atoms with E-state index in [0.717, 1.165) is 16.9 Å². The molecule has 0 aromatic heterocycles. The Kier molecular flexibility index (Phi) is 5.78. The molecule has 0 aliphatic carbocycles. The molecule has 2 aromatic rings. The zero-order valence-electron chi connectivity index (χ0n) is 14.6. The predicted octanol–water partition coefficient (Wildman–Crippen LogP) is 2.98. The first-order chi connectivity index (χ1) is 12.6. The van der Waals surface area contributed by atoms with Gasteiger partial charge in [-0.15, -0.1) is 0 Å². The Bertz CT molecular complexity index is 809. The molecule has 136 valence electrons. The van der Waals surface area contributed by atoms with Crippen LogP contribution in [0.1, 0.15) is 23.6 Å². The molecule has 1 unspecified atom stereocenters. The first-order valence-corrected chi connectivity index (χ1v) is 8.92. The fraction of sp³-hybridized carbons (Fsp3) is 0.300. The number of halogens is 1. The van der Waals surface area contributed by atoms with Gasteiger partial charge in [0, 0.05) is 24.5 Å². The quantitative estimate of drug-likeness (QED) is 0.877. The van der Waals surface area contributed by atoms with Gasteiger partial charge in [0.05, 0.1) is 7.11 Å². The Morgan fingerprint density at radius 3 is 2.85 bits per heavy atom. The maximum absolute atomic E-state index is 12.9. The van der Waals surface area contributed by atoms with Crippen molar-refractivity contribution >= 4 is 23.4 Å². The van der Waals surface area contributed by atoms with Crippen molar-refractivity contribution in [2.45, 2.75) is 18.9 Å². The Morgan fingerprint density at radius 1 is 1.27 bits per heavy atom. The number of rotatable bonds is 5. The fourth-order valence-electron chi connectivity index (χ4n) is 3.24. The largest absolute Gasteiger partial charge is 0.496 e. The molecular formula is C20H21ClN2O3. The van der Waals surface area contributed by atoms with Crippen LogP contribution in [-0.2, 0) is 16.0 Å². The van der Waals surface area contributed by atoms with Crippen molar-refractivity contribution < 1.29 is 14.3 Å². The van der Waals surface area contributed by atoms with Crippen LogP contribution in [0.5, 0.6) is 5.75 Å². The van der Waals surface area contributed by atoms with Gasteiger partial charge in [-0.1, -0.05) is 41.9 Å². The highest BCUT2D eigenvalue weighted by atomic mass is 35.5. The van der Waals surface area contributed by atoms with Gasteiger partial charge in [0.25, 0.3) is 0 Å². The third-order valence-electron chi connectivity index (χ3n) is 4.50. The van der Waals surface area contributed by atoms with Crippen LogP contribution in [0.2, 0.25) is 5.02 Å². The van der Waals surface area contributed by atoms with Gasteiger partial charge < -0.3 is 15.0 Å². The summed E-state index contributed by atoms with van der Waals surface area (Å²) >= 11 is 6.06. The van der Waals surface area contributed by atoms with Gasteiger partial charge in [0.2, 0.25) is 11.8 Å². The first-order valence-electron chi connectivity index (χ1n) is 8.54. The minimum Gasteiger partial charge on any atom is -0.496 e. The summed E-state index contributed by atoms with van der Waals surface area (Å²) in [6.45, 7) is 0.934. The normalized spacial score (nSPS) is 16.9. The van der Waals surface area contributed by atoms with Crippen molar-refractivity contribution in [2.24, 2.45) is 0 Å². The number of nitrogens with one attached hydrogen (secondary N) is 1. The molecule has 3 rings (SSSR count). The van der Waals surface area contributed by atoms with Crippen molar-refractivity contribution in [3.8, 4) is 5.75 Å². The third-order valence-corrected chi connectivity index (χ3v) is 4.73. The van der Waals surface area contributed by atoms with Crippen LogP contribution in [0.15, 0.2) is 48.5 Å². The van der Waals surface area contributed by atoms with Crippen molar-refractivity contribution in [2.75, 3.05) is 20.2 Å². The molecule has 1 aliphatic rings. The molecule has 2 amide bonds. The van der Waals surface area contributed by atoms with E-state index >= 15 is 0 Å². The lowest BCUT2D eigenvalue weighted by molar-refractivity contribution is -0.143. The van der Waals surface area contributed by atoms with E-state index in [-0.39, 0.29) is 11.8 Å². The van der Waals surface area contributed by atoms with E-state index < -0.39 is 6.04 Å². The number of benzene rings is 2. The summed E-state index contributed by atoms with van der Waals surface area (Å²) in [6.07, 6.45) is 0.869. The van der Waals surface area contributed by atoms with Crippen LogP contribution in [0.25, 0.3) is 0 Å². The van der Waals surface area contributed by atoms with Gasteiger partial charge in [-0.3, -0.25) is 9.59 Å². The number of methoxy groups -OCH3 is 1. The first kappa shape index (κ1) is 18.3. The number of nitrogens with zero attached hydrogens (tertiary/aromatic N) is 1. The molecule has 5 nitrogen and oxygen atoms in total. The Labute approximate surface area is 157 Å². The molecule has 2 aromatic carbocycles. The van der Waals surface area contributed by atoms with E-state index in [1.165, 1.54) is 0 Å². The molecule has 1 heterocycles. The van der Waals surface area contributed by atoms with Crippen LogP contribution in [0.3, 0.4) is 0 Å². The minimum absolute atomic E-state index is 0.0595. The lowest BCUT2D eigenvalue weighted by Gasteiger charge is -2.35. The number of hydrogen-bond donors (Lipinski definition) is 1. The molecule has 1 fully saturated rings. The van der Waals surface area contributed by atoms with E-state index in [1.54, 1.807) is 30.2 Å². The van der Waals surface area contributed by atoms with Gasteiger partial charge in [0.15, 0.2) is 0 Å². The molecule has 0 saturated carbocycles. The maximum atomic E-state index is 12.9. The third kappa shape index (κ3) is 3.99. The molecule has 26 heavy (non-hydrogen) atoms. The number of ether oxygens (including phenoxy) is 1. The van der Waals surface area contributed by atoms with Crippen LogP contribution in [0, 0.1) is 0 Å². The molecular weight excluding hydrogens is 352 g/mol. The second-order valence-electron chi connectivity index (χ2n) is 6.15. The maximum Gasteiger partial charge on any atom is 0.247 e. The molecule has 1 atom stereocenters. The summed E-state index contributed by atoms with van der Waals surface area (Å²) in [5.41, 5.74) is 1.70. The highest BCUT2D eigenvalue weighted by molar-refractivity contribution is 6.30. The van der Waals surface area contributed by atoms with Crippen LogP contribution >= 0.6 is 11.6 Å². The average Bonchev–Trinajstić information content (AvgIpc) is 2.66. The lowest BCUT2D eigenvalue weighted by Crippen LogP contribution is -2.52. The Morgan fingerprint density at radius 2 is 2.08 bits per heavy atom. The molecule has 1 aliphatic heterocycles. The van der Waals surface area contributed by atoms with Crippen LogP contribution < -0.4 is 10.1 Å². The van der Waals surface area contributed by atoms with Crippen molar-refractivity contribution in [1.29, 1.82) is 0 Å². The number of para-hydroxylation sites is 1. The predicted molar refractivity (Wildman–Crippen MR) is 100 cm³/mol. The van der Waals surface area contributed by atoms with E-state index in [0.29, 0.717) is 31.0 Å². The molecule has 6 heteroatoms. The molecule has 1 N–H and O–H groups in total. The average molecular weight is 373 g/mol. The molecule has 1 saturated heterocycles. The number of amides is 2. The number of carbonyl (C=O) groups is 2. The van der Waals surface area contributed by atoms with E-state index in [4.69, 9.17) is 16.3 Å². The summed E-state index contributed by atoms with van der Waals surface area (Å²) < 4.78 is 5.34. The van der Waals surface area contributed by atoms with E-state index in [2.05, 4.69) is 5.32 Å². The smallest absolute Gasteiger partial charge is 0.247 e. The fourth-order valence-corrected chi connectivity index (χ4v) is 3.44. The topological polar surface area (TPSA) is 58.6 Å². The summed E-state index contributed by atoms with van der Waals surface area (Å²) in [5, 5.41) is 3.37. The van der Waals surface area contributed by atoms with Crippen LogP contribution in [0.4, 0.5) is 0 Å². The van der Waals surface area contributed by atoms with Gasteiger partial charge in [-0.2, -0.15) is 0 Å². The summed E-state index contributed by atoms with van der Waals surface area (Å²) in [6, 6.07) is 14.1. The summed E-state index contributed by atoms with van der Waals surface area (Å²) in [5.74, 6) is 0.531. The van der Waals surface area contributed by atoms with Crippen molar-refractivity contribution in [3.05, 3.63) is 64.7 Å². The second-order valence-corrected chi connectivity index (χ2v) is 6.58. The van der Waals surface area contributed by atoms with E-state index in [1.807, 2.05) is 30.3 Å². The van der Waals surface area contributed by atoms with Crippen LogP contribution in [-0.4, -0.2) is 36.9 Å². The SMILES string of the molecule is COc1ccccc1CCC(=O)N1CCNC(=O)C1c1cccc(Cl)c1. The highest BCUT2D eigenvalue weighted by Gasteiger charge is 2.34. The monoisotopic (exact) mass is 372 g/mol. The number of carbonyl (C=O) groups excluding carboxylic acids is 2. The van der Waals surface area contributed by atoms with E-state index in [9.17, 15) is 9.59 Å². The van der Waals surface area contributed by atoms with Gasteiger partial charge in [-0.25, -0.2) is 0 Å². The van der Waals surface area contributed by atoms with Gasteiger partial charge in [0.1, 0.15) is 11.8 Å². The second kappa shape index (κ2) is 8.23. The highest BCUT2D eigenvalue weighted by Crippen LogP contribution is 2.27. The minimum atomic E-state index is -0.646. The standard InChI is InChI=1S/C20H21ClN2O3/c1-26-17-8-3-2-5-14(17)9-10-18(24)23-12-11-22-20(25)19(23)15-6-4-7-16(21)13-15/h2-8,13,19H,9-12H2,1H3,(H,22,25). The number of aryl methyl sites for hydroxylation is 1. The summed E-state index contributed by atoms with van der Waals surface area (Å²) in [7, 11) is 1.62. The lowest BCUT2D eigenvalue weighted by atomic mass is 10.0. The number of hydrogen-bond acceptors (Lipinski definition) is 3. The van der Waals surface area contributed by atoms with Crippen molar-refractivity contribution in [1.82, 2.24) is 10.2 Å². The molecule has 0 spiro atoms. The molecule has 0 radical (unpaired) electrons. The Balaban J connectivity index is 1.76. The van der Waals surface area contributed by atoms with Crippen molar-refractivity contribution in [3.63, 3.8) is 0 Å². The zero-order valence-corrected chi connectivity index (χ0v) is 15.3. The summed E-state index contributed by atoms with van der Waals surface area (Å²) in [4.78, 5) is 26.9.